The number of halogens is 2. The van der Waals surface area contributed by atoms with Crippen molar-refractivity contribution in [3.05, 3.63) is 47.9 Å². The van der Waals surface area contributed by atoms with Crippen LogP contribution in [0.2, 0.25) is 0 Å². The van der Waals surface area contributed by atoms with E-state index in [-0.39, 0.29) is 11.1 Å². The highest BCUT2D eigenvalue weighted by atomic mass is 127. The van der Waals surface area contributed by atoms with E-state index in [4.69, 9.17) is 4.74 Å². The average molecular weight is 445 g/mol. The first-order chi connectivity index (χ1) is 9.47. The fraction of sp³-hybridized carbons (Fsp3) is 0.143. The van der Waals surface area contributed by atoms with E-state index < -0.39 is 0 Å². The molecule has 2 aromatic rings. The second-order valence-corrected chi connectivity index (χ2v) is 6.17. The molecule has 0 radical (unpaired) electrons. The summed E-state index contributed by atoms with van der Waals surface area (Å²) < 4.78 is 6.93. The molecule has 0 bridgehead atoms. The van der Waals surface area contributed by atoms with E-state index in [1.54, 1.807) is 20.1 Å². The van der Waals surface area contributed by atoms with Crippen LogP contribution < -0.4 is 10.3 Å². The summed E-state index contributed by atoms with van der Waals surface area (Å²) in [7, 11) is 1.60. The van der Waals surface area contributed by atoms with E-state index in [0.717, 1.165) is 19.4 Å². The van der Waals surface area contributed by atoms with Crippen LogP contribution in [0, 0.1) is 21.8 Å². The number of nitrogens with zero attached hydrogens (tertiary/aromatic N) is 1. The third-order valence-corrected chi connectivity index (χ3v) is 4.31. The predicted molar refractivity (Wildman–Crippen MR) is 88.9 cm³/mol. The van der Waals surface area contributed by atoms with E-state index in [1.807, 2.05) is 18.2 Å². The molecule has 0 saturated carbocycles. The Bertz CT molecular complexity index is 778. The Morgan fingerprint density at radius 3 is 2.65 bits per heavy atom. The normalized spacial score (nSPS) is 10.2. The molecule has 20 heavy (non-hydrogen) atoms. The Morgan fingerprint density at radius 1 is 1.35 bits per heavy atom. The van der Waals surface area contributed by atoms with Crippen LogP contribution in [0.5, 0.6) is 5.75 Å². The predicted octanol–water partition coefficient (Wildman–Crippen LogP) is 3.60. The molecule has 6 heteroatoms. The van der Waals surface area contributed by atoms with Gasteiger partial charge in [0.05, 0.1) is 10.7 Å². The van der Waals surface area contributed by atoms with Gasteiger partial charge in [-0.1, -0.05) is 15.9 Å². The van der Waals surface area contributed by atoms with Crippen LogP contribution in [0.15, 0.2) is 27.5 Å². The Balaban J connectivity index is 2.79. The second kappa shape index (κ2) is 5.97. The van der Waals surface area contributed by atoms with E-state index in [2.05, 4.69) is 43.5 Å². The zero-order chi connectivity index (χ0) is 14.9. The van der Waals surface area contributed by atoms with Crippen LogP contribution in [-0.2, 0) is 0 Å². The van der Waals surface area contributed by atoms with Crippen molar-refractivity contribution >= 4 is 38.5 Å². The number of benzene rings is 1. The number of aromatic amines is 1. The molecule has 0 aliphatic carbocycles. The second-order valence-electron chi connectivity index (χ2n) is 4.15. The Hall–Kier alpha value is -1.33. The smallest absolute Gasteiger partial charge is 0.266 e. The molecular formula is C14H10BrIN2O2. The lowest BCUT2D eigenvalue weighted by Gasteiger charge is -2.11. The molecule has 0 aliphatic heterocycles. The van der Waals surface area contributed by atoms with Gasteiger partial charge in [0.1, 0.15) is 17.4 Å². The van der Waals surface area contributed by atoms with Gasteiger partial charge in [-0.3, -0.25) is 4.79 Å². The summed E-state index contributed by atoms with van der Waals surface area (Å²) in [5.41, 5.74) is 1.85. The van der Waals surface area contributed by atoms with Crippen molar-refractivity contribution in [3.63, 3.8) is 0 Å². The molecule has 0 aliphatic rings. The number of rotatable bonds is 2. The zero-order valence-electron chi connectivity index (χ0n) is 10.8. The average Bonchev–Trinajstić information content (AvgIpc) is 2.40. The number of pyridine rings is 1. The number of nitriles is 1. The van der Waals surface area contributed by atoms with Crippen LogP contribution in [0.3, 0.4) is 0 Å². The fourth-order valence-electron chi connectivity index (χ4n) is 1.90. The summed E-state index contributed by atoms with van der Waals surface area (Å²) in [5.74, 6) is 0.737. The summed E-state index contributed by atoms with van der Waals surface area (Å²) in [6, 6.07) is 7.48. The standard InChI is InChI=1S/C14H10BrIN2O2/c1-7-3-8(10(6-17)14(19)18-7)9-4-12(16)13(20-2)5-11(9)15/h3-5H,1-2H3,(H,18,19). The van der Waals surface area contributed by atoms with E-state index >= 15 is 0 Å². The third kappa shape index (κ3) is 2.74. The van der Waals surface area contributed by atoms with Crippen molar-refractivity contribution in [1.82, 2.24) is 4.98 Å². The van der Waals surface area contributed by atoms with Gasteiger partial charge in [0, 0.05) is 15.7 Å². The monoisotopic (exact) mass is 444 g/mol. The van der Waals surface area contributed by atoms with E-state index in [0.29, 0.717) is 11.3 Å². The molecule has 0 amide bonds. The van der Waals surface area contributed by atoms with Crippen molar-refractivity contribution in [2.45, 2.75) is 6.92 Å². The highest BCUT2D eigenvalue weighted by Gasteiger charge is 2.15. The lowest BCUT2D eigenvalue weighted by atomic mass is 10.0. The lowest BCUT2D eigenvalue weighted by molar-refractivity contribution is 0.411. The molecule has 1 N–H and O–H groups in total. The van der Waals surface area contributed by atoms with Gasteiger partial charge >= 0.3 is 0 Å². The van der Waals surface area contributed by atoms with Gasteiger partial charge in [-0.15, -0.1) is 0 Å². The molecule has 1 heterocycles. The molecule has 1 aromatic carbocycles. The van der Waals surface area contributed by atoms with Crippen LogP contribution >= 0.6 is 38.5 Å². The van der Waals surface area contributed by atoms with Crippen molar-refractivity contribution in [2.24, 2.45) is 0 Å². The van der Waals surface area contributed by atoms with E-state index in [9.17, 15) is 10.1 Å². The number of nitrogens with one attached hydrogen (secondary N) is 1. The maximum Gasteiger partial charge on any atom is 0.266 e. The molecule has 0 fully saturated rings. The highest BCUT2D eigenvalue weighted by molar-refractivity contribution is 14.1. The molecule has 2 rings (SSSR count). The highest BCUT2D eigenvalue weighted by Crippen LogP contribution is 2.35. The molecule has 0 saturated heterocycles. The molecule has 0 unspecified atom stereocenters. The van der Waals surface area contributed by atoms with Crippen molar-refractivity contribution in [2.75, 3.05) is 7.11 Å². The Morgan fingerprint density at radius 2 is 2.05 bits per heavy atom. The van der Waals surface area contributed by atoms with Crippen LogP contribution in [0.4, 0.5) is 0 Å². The minimum absolute atomic E-state index is 0.109. The van der Waals surface area contributed by atoms with E-state index in [1.165, 1.54) is 0 Å². The van der Waals surface area contributed by atoms with Gasteiger partial charge in [0.15, 0.2) is 0 Å². The zero-order valence-corrected chi connectivity index (χ0v) is 14.5. The van der Waals surface area contributed by atoms with Crippen LogP contribution in [0.1, 0.15) is 11.3 Å². The number of H-pyrrole nitrogens is 1. The summed E-state index contributed by atoms with van der Waals surface area (Å²) >= 11 is 5.62. The maximum absolute atomic E-state index is 11.9. The van der Waals surface area contributed by atoms with Crippen LogP contribution in [-0.4, -0.2) is 12.1 Å². The van der Waals surface area contributed by atoms with Gasteiger partial charge < -0.3 is 9.72 Å². The van der Waals surface area contributed by atoms with Gasteiger partial charge in [0.25, 0.3) is 5.56 Å². The largest absolute Gasteiger partial charge is 0.496 e. The summed E-state index contributed by atoms with van der Waals surface area (Å²) in [5, 5.41) is 9.20. The first-order valence-corrected chi connectivity index (χ1v) is 7.52. The lowest BCUT2D eigenvalue weighted by Crippen LogP contribution is -2.12. The van der Waals surface area contributed by atoms with Gasteiger partial charge in [-0.25, -0.2) is 0 Å². The maximum atomic E-state index is 11.9. The summed E-state index contributed by atoms with van der Waals surface area (Å²) in [4.78, 5) is 14.5. The SMILES string of the molecule is COc1cc(Br)c(-c2cc(C)[nH]c(=O)c2C#N)cc1I. The Labute approximate surface area is 138 Å². The number of aromatic nitrogens is 1. The summed E-state index contributed by atoms with van der Waals surface area (Å²) in [6.07, 6.45) is 0. The van der Waals surface area contributed by atoms with Crippen molar-refractivity contribution in [3.8, 4) is 22.9 Å². The molecule has 0 atom stereocenters. The van der Waals surface area contributed by atoms with Crippen molar-refractivity contribution in [1.29, 1.82) is 5.26 Å². The van der Waals surface area contributed by atoms with Crippen LogP contribution in [0.25, 0.3) is 11.1 Å². The molecule has 0 spiro atoms. The number of methoxy groups -OCH3 is 1. The molecular weight excluding hydrogens is 435 g/mol. The topological polar surface area (TPSA) is 65.9 Å². The Kier molecular flexibility index (Phi) is 4.50. The molecule has 102 valence electrons. The van der Waals surface area contributed by atoms with Gasteiger partial charge in [-0.2, -0.15) is 5.26 Å². The number of hydrogen-bond donors (Lipinski definition) is 1. The minimum Gasteiger partial charge on any atom is -0.496 e. The minimum atomic E-state index is -0.375. The fourth-order valence-corrected chi connectivity index (χ4v) is 3.13. The first kappa shape index (κ1) is 15.1. The first-order valence-electron chi connectivity index (χ1n) is 5.65. The summed E-state index contributed by atoms with van der Waals surface area (Å²) in [6.45, 7) is 1.79. The number of aryl methyl sites for hydroxylation is 1. The van der Waals surface area contributed by atoms with Gasteiger partial charge in [-0.05, 0) is 53.3 Å². The molecule has 1 aromatic heterocycles. The number of hydrogen-bond acceptors (Lipinski definition) is 3. The van der Waals surface area contributed by atoms with Gasteiger partial charge in [0.2, 0.25) is 0 Å². The number of ether oxygens (including phenoxy) is 1. The van der Waals surface area contributed by atoms with Crippen molar-refractivity contribution < 1.29 is 4.74 Å². The quantitative estimate of drug-likeness (QED) is 0.719. The molecule has 4 nitrogen and oxygen atoms in total. The third-order valence-electron chi connectivity index (χ3n) is 2.81.